The number of carbonyl (C=O) groups excluding carboxylic acids is 2. The third-order valence-electron chi connectivity index (χ3n) is 7.09. The highest BCUT2D eigenvalue weighted by molar-refractivity contribution is 6.04. The molecule has 8 nitrogen and oxygen atoms in total. The summed E-state index contributed by atoms with van der Waals surface area (Å²) in [6, 6.07) is 12.4. The molecular formula is C25H28N4O4. The first-order valence-electron chi connectivity index (χ1n) is 11.4. The van der Waals surface area contributed by atoms with Crippen LogP contribution in [-0.2, 0) is 15.0 Å². The number of hydrogen-bond donors (Lipinski definition) is 3. The van der Waals surface area contributed by atoms with E-state index in [1.807, 2.05) is 42.5 Å². The van der Waals surface area contributed by atoms with Crippen molar-refractivity contribution in [2.75, 3.05) is 19.0 Å². The first-order valence-corrected chi connectivity index (χ1v) is 11.4. The van der Waals surface area contributed by atoms with Crippen LogP contribution in [-0.4, -0.2) is 57.8 Å². The summed E-state index contributed by atoms with van der Waals surface area (Å²) >= 11 is 0. The van der Waals surface area contributed by atoms with Crippen LogP contribution in [0.15, 0.2) is 48.7 Å². The van der Waals surface area contributed by atoms with Crippen molar-refractivity contribution in [1.82, 2.24) is 15.1 Å². The van der Waals surface area contributed by atoms with Crippen molar-refractivity contribution in [3.63, 3.8) is 0 Å². The topological polar surface area (TPSA) is 108 Å². The van der Waals surface area contributed by atoms with Gasteiger partial charge in [-0.15, -0.1) is 0 Å². The summed E-state index contributed by atoms with van der Waals surface area (Å²) in [5, 5.41) is 21.1. The Morgan fingerprint density at radius 3 is 2.67 bits per heavy atom. The molecule has 2 atom stereocenters. The molecular weight excluding hydrogens is 420 g/mol. The summed E-state index contributed by atoms with van der Waals surface area (Å²) in [4.78, 5) is 28.9. The van der Waals surface area contributed by atoms with Crippen LogP contribution in [0.3, 0.4) is 0 Å². The maximum absolute atomic E-state index is 14.0. The third kappa shape index (κ3) is 3.74. The van der Waals surface area contributed by atoms with Gasteiger partial charge in [-0.05, 0) is 42.7 Å². The summed E-state index contributed by atoms with van der Waals surface area (Å²) in [6.07, 6.45) is 4.51. The lowest BCUT2D eigenvalue weighted by Gasteiger charge is -2.35. The molecule has 2 heterocycles. The molecule has 0 radical (unpaired) electrons. The minimum absolute atomic E-state index is 0.0802. The van der Waals surface area contributed by atoms with E-state index in [0.29, 0.717) is 5.69 Å². The van der Waals surface area contributed by atoms with Crippen LogP contribution in [0, 0.1) is 0 Å². The highest BCUT2D eigenvalue weighted by atomic mass is 16.5. The Hall–Kier alpha value is -3.39. The Kier molecular flexibility index (Phi) is 5.54. The van der Waals surface area contributed by atoms with Gasteiger partial charge in [0.15, 0.2) is 0 Å². The SMILES string of the molecule is COc1ccc(C2(C(=O)N3C[C@@H](O)C[C@@H]3C(=O)Nc3cccc4[nH]ncc34)CCCC2)cc1. The van der Waals surface area contributed by atoms with Gasteiger partial charge in [-0.25, -0.2) is 0 Å². The van der Waals surface area contributed by atoms with E-state index in [2.05, 4.69) is 15.5 Å². The standard InChI is InChI=1S/C25H28N4O4/c1-33-18-9-7-16(8-10-18)25(11-2-3-12-25)24(32)29-15-17(30)13-22(29)23(31)27-20-5-4-6-21-19(20)14-26-28-21/h4-10,14,17,22,30H,2-3,11-13,15H2,1H3,(H,26,28)(H,27,31)/t17-,22+/m0/s1. The largest absolute Gasteiger partial charge is 0.497 e. The normalized spacial score (nSPS) is 21.9. The summed E-state index contributed by atoms with van der Waals surface area (Å²) < 4.78 is 5.28. The zero-order valence-corrected chi connectivity index (χ0v) is 18.6. The number of nitrogens with zero attached hydrogens (tertiary/aromatic N) is 2. The fraction of sp³-hybridized carbons (Fsp3) is 0.400. The highest BCUT2D eigenvalue weighted by Crippen LogP contribution is 2.44. The number of methoxy groups -OCH3 is 1. The van der Waals surface area contributed by atoms with Crippen molar-refractivity contribution in [3.05, 3.63) is 54.2 Å². The van der Waals surface area contributed by atoms with Gasteiger partial charge in [-0.2, -0.15) is 5.10 Å². The van der Waals surface area contributed by atoms with E-state index >= 15 is 0 Å². The number of H-pyrrole nitrogens is 1. The Labute approximate surface area is 191 Å². The number of rotatable bonds is 5. The van der Waals surface area contributed by atoms with Crippen LogP contribution in [0.5, 0.6) is 5.75 Å². The van der Waals surface area contributed by atoms with Gasteiger partial charge in [0, 0.05) is 18.4 Å². The number of ether oxygens (including phenoxy) is 1. The Morgan fingerprint density at radius 1 is 1.18 bits per heavy atom. The number of carbonyl (C=O) groups is 2. The number of amides is 2. The van der Waals surface area contributed by atoms with E-state index in [4.69, 9.17) is 4.74 Å². The van der Waals surface area contributed by atoms with Gasteiger partial charge in [-0.3, -0.25) is 14.7 Å². The molecule has 172 valence electrons. The molecule has 1 aromatic heterocycles. The number of nitrogens with one attached hydrogen (secondary N) is 2. The van der Waals surface area contributed by atoms with Crippen molar-refractivity contribution < 1.29 is 19.4 Å². The lowest BCUT2D eigenvalue weighted by molar-refractivity contribution is -0.141. The molecule has 2 amide bonds. The van der Waals surface area contributed by atoms with Crippen LogP contribution in [0.1, 0.15) is 37.7 Å². The molecule has 33 heavy (non-hydrogen) atoms. The van der Waals surface area contributed by atoms with Gasteiger partial charge in [0.05, 0.1) is 36.0 Å². The number of aliphatic hydroxyl groups is 1. The molecule has 1 saturated heterocycles. The average molecular weight is 449 g/mol. The number of β-amino-alcohol motifs (C(OH)–C–C–N with tert-alkyl or cyclic N) is 1. The molecule has 1 aliphatic carbocycles. The van der Waals surface area contributed by atoms with Crippen LogP contribution in [0.25, 0.3) is 10.9 Å². The number of aliphatic hydroxyl groups excluding tert-OH is 1. The summed E-state index contributed by atoms with van der Waals surface area (Å²) in [6.45, 7) is 0.157. The number of hydrogen-bond acceptors (Lipinski definition) is 5. The number of aromatic amines is 1. The highest BCUT2D eigenvalue weighted by Gasteiger charge is 2.50. The molecule has 0 unspecified atom stereocenters. The van der Waals surface area contributed by atoms with Gasteiger partial charge in [0.25, 0.3) is 0 Å². The number of fused-ring (bicyclic) bond motifs is 1. The fourth-order valence-corrected chi connectivity index (χ4v) is 5.37. The molecule has 3 aromatic rings. The van der Waals surface area contributed by atoms with Gasteiger partial charge < -0.3 is 20.1 Å². The molecule has 2 aromatic carbocycles. The molecule has 0 spiro atoms. The zero-order chi connectivity index (χ0) is 23.0. The monoisotopic (exact) mass is 448 g/mol. The smallest absolute Gasteiger partial charge is 0.247 e. The van der Waals surface area contributed by atoms with Crippen molar-refractivity contribution in [1.29, 1.82) is 0 Å². The first kappa shape index (κ1) is 21.5. The summed E-state index contributed by atoms with van der Waals surface area (Å²) in [5.74, 6) is 0.362. The van der Waals surface area contributed by atoms with E-state index in [1.54, 1.807) is 18.2 Å². The predicted octanol–water partition coefficient (Wildman–Crippen LogP) is 2.98. The molecule has 2 fully saturated rings. The van der Waals surface area contributed by atoms with Crippen LogP contribution < -0.4 is 10.1 Å². The van der Waals surface area contributed by atoms with Crippen molar-refractivity contribution >= 4 is 28.4 Å². The second-order valence-corrected chi connectivity index (χ2v) is 9.01. The lowest BCUT2D eigenvalue weighted by atomic mass is 9.77. The molecule has 0 bridgehead atoms. The van der Waals surface area contributed by atoms with Gasteiger partial charge in [-0.1, -0.05) is 31.0 Å². The number of aromatic nitrogens is 2. The molecule has 1 saturated carbocycles. The van der Waals surface area contributed by atoms with Gasteiger partial charge >= 0.3 is 0 Å². The van der Waals surface area contributed by atoms with Gasteiger partial charge in [0.1, 0.15) is 11.8 Å². The second kappa shape index (κ2) is 8.51. The van der Waals surface area contributed by atoms with E-state index in [1.165, 1.54) is 0 Å². The maximum Gasteiger partial charge on any atom is 0.247 e. The minimum atomic E-state index is -0.733. The fourth-order valence-electron chi connectivity index (χ4n) is 5.37. The third-order valence-corrected chi connectivity index (χ3v) is 7.09. The van der Waals surface area contributed by atoms with Crippen LogP contribution >= 0.6 is 0 Å². The van der Waals surface area contributed by atoms with Crippen molar-refractivity contribution in [2.45, 2.75) is 49.7 Å². The van der Waals surface area contributed by atoms with E-state index < -0.39 is 17.6 Å². The molecule has 2 aliphatic rings. The predicted molar refractivity (Wildman–Crippen MR) is 124 cm³/mol. The van der Waals surface area contributed by atoms with E-state index in [0.717, 1.165) is 47.9 Å². The van der Waals surface area contributed by atoms with Crippen molar-refractivity contribution in [2.24, 2.45) is 0 Å². The second-order valence-electron chi connectivity index (χ2n) is 9.01. The zero-order valence-electron chi connectivity index (χ0n) is 18.6. The average Bonchev–Trinajstić information content (AvgIpc) is 3.59. The lowest BCUT2D eigenvalue weighted by Crippen LogP contribution is -2.51. The number of likely N-dealkylation sites (tertiary alicyclic amines) is 1. The quantitative estimate of drug-likeness (QED) is 0.556. The summed E-state index contributed by atoms with van der Waals surface area (Å²) in [5.41, 5.74) is 1.70. The molecule has 1 aliphatic heterocycles. The van der Waals surface area contributed by atoms with Crippen LogP contribution in [0.4, 0.5) is 5.69 Å². The molecule has 8 heteroatoms. The summed E-state index contributed by atoms with van der Waals surface area (Å²) in [7, 11) is 1.62. The van der Waals surface area contributed by atoms with E-state index in [9.17, 15) is 14.7 Å². The minimum Gasteiger partial charge on any atom is -0.497 e. The molecule has 3 N–H and O–H groups in total. The van der Waals surface area contributed by atoms with Crippen molar-refractivity contribution in [3.8, 4) is 5.75 Å². The Balaban J connectivity index is 1.43. The molecule has 5 rings (SSSR count). The van der Waals surface area contributed by atoms with E-state index in [-0.39, 0.29) is 24.8 Å². The Bertz CT molecular complexity index is 1170. The Morgan fingerprint density at radius 2 is 1.94 bits per heavy atom. The maximum atomic E-state index is 14.0. The number of benzene rings is 2. The van der Waals surface area contributed by atoms with Gasteiger partial charge in [0.2, 0.25) is 11.8 Å². The number of anilines is 1. The first-order chi connectivity index (χ1) is 16.0. The van der Waals surface area contributed by atoms with Crippen LogP contribution in [0.2, 0.25) is 0 Å².